The van der Waals surface area contributed by atoms with E-state index in [1.165, 1.54) is 4.90 Å². The van der Waals surface area contributed by atoms with Crippen molar-refractivity contribution >= 4 is 23.5 Å². The zero-order valence-corrected chi connectivity index (χ0v) is 11.1. The number of hydrogen-bond acceptors (Lipinski definition) is 3. The summed E-state index contributed by atoms with van der Waals surface area (Å²) in [5.74, 6) is -0.0741. The number of ketones is 1. The van der Waals surface area contributed by atoms with Crippen molar-refractivity contribution in [1.29, 1.82) is 0 Å². The molecule has 0 fully saturated rings. The lowest BCUT2D eigenvalue weighted by molar-refractivity contribution is -0.116. The largest absolute Gasteiger partial charge is 0.444 e. The van der Waals surface area contributed by atoms with Gasteiger partial charge < -0.3 is 9.64 Å². The van der Waals surface area contributed by atoms with Gasteiger partial charge in [-0.15, -0.1) is 11.6 Å². The van der Waals surface area contributed by atoms with E-state index in [-0.39, 0.29) is 18.1 Å². The highest BCUT2D eigenvalue weighted by molar-refractivity contribution is 6.27. The minimum Gasteiger partial charge on any atom is -0.444 e. The fourth-order valence-electron chi connectivity index (χ4n) is 1.03. The molecule has 5 heteroatoms. The number of nitrogens with zero attached hydrogens (tertiary/aromatic N) is 1. The van der Waals surface area contributed by atoms with Gasteiger partial charge in [0.05, 0.1) is 5.88 Å². The second-order valence-electron chi connectivity index (χ2n) is 4.48. The molecule has 0 bridgehead atoms. The summed E-state index contributed by atoms with van der Waals surface area (Å²) in [6.07, 6.45) is -0.117. The van der Waals surface area contributed by atoms with Gasteiger partial charge in [-0.05, 0) is 27.7 Å². The molecule has 0 aromatic rings. The molecule has 0 heterocycles. The molecule has 1 amide bonds. The van der Waals surface area contributed by atoms with Crippen LogP contribution in [0.2, 0.25) is 0 Å². The molecule has 0 unspecified atom stereocenters. The summed E-state index contributed by atoms with van der Waals surface area (Å²) in [7, 11) is 0. The first-order valence-corrected chi connectivity index (χ1v) is 5.89. The molecule has 0 aliphatic rings. The number of carbonyl (C=O) groups is 2. The zero-order chi connectivity index (χ0) is 12.8. The van der Waals surface area contributed by atoms with Crippen molar-refractivity contribution in [1.82, 2.24) is 4.90 Å². The minimum atomic E-state index is -0.513. The average molecular weight is 250 g/mol. The van der Waals surface area contributed by atoms with Crippen LogP contribution in [0.1, 0.15) is 34.1 Å². The van der Waals surface area contributed by atoms with E-state index >= 15 is 0 Å². The topological polar surface area (TPSA) is 46.6 Å². The third-order valence-corrected chi connectivity index (χ3v) is 2.14. The third kappa shape index (κ3) is 6.67. The minimum absolute atomic E-state index is 0.00806. The van der Waals surface area contributed by atoms with Gasteiger partial charge in [0, 0.05) is 19.5 Å². The van der Waals surface area contributed by atoms with Gasteiger partial charge in [0.1, 0.15) is 11.4 Å². The number of amides is 1. The van der Waals surface area contributed by atoms with Crippen LogP contribution in [-0.2, 0) is 9.53 Å². The highest BCUT2D eigenvalue weighted by Crippen LogP contribution is 2.10. The van der Waals surface area contributed by atoms with E-state index in [2.05, 4.69) is 0 Å². The average Bonchev–Trinajstić information content (AvgIpc) is 2.15. The Hall–Kier alpha value is -0.770. The van der Waals surface area contributed by atoms with E-state index in [1.807, 2.05) is 27.7 Å². The van der Waals surface area contributed by atoms with Crippen molar-refractivity contribution in [2.75, 3.05) is 19.0 Å². The smallest absolute Gasteiger partial charge is 0.410 e. The van der Waals surface area contributed by atoms with Gasteiger partial charge in [-0.2, -0.15) is 0 Å². The van der Waals surface area contributed by atoms with Gasteiger partial charge in [-0.3, -0.25) is 4.79 Å². The van der Waals surface area contributed by atoms with Crippen LogP contribution in [0.15, 0.2) is 0 Å². The quantitative estimate of drug-likeness (QED) is 0.703. The van der Waals surface area contributed by atoms with Crippen LogP contribution in [-0.4, -0.2) is 41.3 Å². The number of halogens is 1. The number of ether oxygens (including phenoxy) is 1. The maximum atomic E-state index is 11.7. The SMILES string of the molecule is CCN(CCC(=O)CCl)C(=O)OC(C)(C)C. The van der Waals surface area contributed by atoms with Crippen molar-refractivity contribution in [2.24, 2.45) is 0 Å². The van der Waals surface area contributed by atoms with E-state index < -0.39 is 11.7 Å². The van der Waals surface area contributed by atoms with E-state index in [4.69, 9.17) is 16.3 Å². The van der Waals surface area contributed by atoms with Gasteiger partial charge in [0.2, 0.25) is 0 Å². The monoisotopic (exact) mass is 249 g/mol. The summed E-state index contributed by atoms with van der Waals surface area (Å²) in [6, 6.07) is 0. The van der Waals surface area contributed by atoms with Crippen molar-refractivity contribution in [3.05, 3.63) is 0 Å². The number of carbonyl (C=O) groups excluding carboxylic acids is 2. The summed E-state index contributed by atoms with van der Waals surface area (Å²) in [5, 5.41) is 0. The standard InChI is InChI=1S/C11H20ClNO3/c1-5-13(7-6-9(14)8-12)10(15)16-11(2,3)4/h5-8H2,1-4H3. The van der Waals surface area contributed by atoms with Gasteiger partial charge >= 0.3 is 6.09 Å². The first kappa shape index (κ1) is 15.2. The van der Waals surface area contributed by atoms with Crippen LogP contribution >= 0.6 is 11.6 Å². The second-order valence-corrected chi connectivity index (χ2v) is 4.75. The lowest BCUT2D eigenvalue weighted by Crippen LogP contribution is -2.37. The van der Waals surface area contributed by atoms with Gasteiger partial charge in [0.25, 0.3) is 0 Å². The molecule has 0 atom stereocenters. The van der Waals surface area contributed by atoms with Crippen molar-refractivity contribution < 1.29 is 14.3 Å². The predicted molar refractivity (Wildman–Crippen MR) is 63.8 cm³/mol. The molecule has 0 aliphatic carbocycles. The highest BCUT2D eigenvalue weighted by atomic mass is 35.5. The van der Waals surface area contributed by atoms with Gasteiger partial charge in [-0.1, -0.05) is 0 Å². The molecule has 0 aromatic heterocycles. The summed E-state index contributed by atoms with van der Waals surface area (Å²) < 4.78 is 5.20. The van der Waals surface area contributed by atoms with Crippen molar-refractivity contribution in [3.8, 4) is 0 Å². The fraction of sp³-hybridized carbons (Fsp3) is 0.818. The fourth-order valence-corrected chi connectivity index (χ4v) is 1.17. The van der Waals surface area contributed by atoms with E-state index in [9.17, 15) is 9.59 Å². The van der Waals surface area contributed by atoms with Crippen LogP contribution in [0.3, 0.4) is 0 Å². The summed E-state index contributed by atoms with van der Waals surface area (Å²) in [5.41, 5.74) is -0.513. The summed E-state index contributed by atoms with van der Waals surface area (Å²) >= 11 is 5.38. The normalized spacial score (nSPS) is 11.1. The van der Waals surface area contributed by atoms with Crippen molar-refractivity contribution in [2.45, 2.75) is 39.7 Å². The third-order valence-electron chi connectivity index (χ3n) is 1.84. The number of Topliss-reactive ketones (excluding diaryl/α,β-unsaturated/α-hetero) is 1. The molecule has 16 heavy (non-hydrogen) atoms. The predicted octanol–water partition coefficient (Wildman–Crippen LogP) is 2.44. The molecule has 94 valence electrons. The van der Waals surface area contributed by atoms with Crippen molar-refractivity contribution in [3.63, 3.8) is 0 Å². The van der Waals surface area contributed by atoms with Crippen LogP contribution in [0, 0.1) is 0 Å². The molecule has 0 N–H and O–H groups in total. The van der Waals surface area contributed by atoms with E-state index in [1.54, 1.807) is 0 Å². The Morgan fingerprint density at radius 3 is 2.25 bits per heavy atom. The maximum Gasteiger partial charge on any atom is 0.410 e. The molecule has 0 aromatic carbocycles. The summed E-state index contributed by atoms with van der Waals surface area (Å²) in [4.78, 5) is 24.2. The second kappa shape index (κ2) is 6.74. The van der Waals surface area contributed by atoms with Gasteiger partial charge in [-0.25, -0.2) is 4.79 Å². The number of hydrogen-bond donors (Lipinski definition) is 0. The van der Waals surface area contributed by atoms with E-state index in [0.29, 0.717) is 13.1 Å². The molecule has 4 nitrogen and oxygen atoms in total. The Morgan fingerprint density at radius 1 is 1.31 bits per heavy atom. The van der Waals surface area contributed by atoms with Gasteiger partial charge in [0.15, 0.2) is 0 Å². The first-order chi connectivity index (χ1) is 7.30. The molecule has 0 aliphatic heterocycles. The molecular formula is C11H20ClNO3. The van der Waals surface area contributed by atoms with Crippen LogP contribution in [0.25, 0.3) is 0 Å². The molecule has 0 rings (SSSR count). The summed E-state index contributed by atoms with van der Waals surface area (Å²) in [6.45, 7) is 8.14. The first-order valence-electron chi connectivity index (χ1n) is 5.35. The van der Waals surface area contributed by atoms with Crippen LogP contribution < -0.4 is 0 Å². The lowest BCUT2D eigenvalue weighted by atomic mass is 10.2. The Morgan fingerprint density at radius 2 is 1.88 bits per heavy atom. The lowest BCUT2D eigenvalue weighted by Gasteiger charge is -2.26. The molecular weight excluding hydrogens is 230 g/mol. The number of alkyl halides is 1. The molecule has 0 spiro atoms. The Balaban J connectivity index is 4.17. The molecule has 0 radical (unpaired) electrons. The Kier molecular flexibility index (Phi) is 6.41. The van der Waals surface area contributed by atoms with Crippen LogP contribution in [0.4, 0.5) is 4.79 Å². The maximum absolute atomic E-state index is 11.7. The highest BCUT2D eigenvalue weighted by Gasteiger charge is 2.21. The molecule has 0 saturated carbocycles. The Bertz CT molecular complexity index is 248. The Labute approximate surface area is 102 Å². The van der Waals surface area contributed by atoms with E-state index in [0.717, 1.165) is 0 Å². The zero-order valence-electron chi connectivity index (χ0n) is 10.4. The number of rotatable bonds is 5. The molecule has 0 saturated heterocycles. The van der Waals surface area contributed by atoms with Crippen LogP contribution in [0.5, 0.6) is 0 Å².